The highest BCUT2D eigenvalue weighted by Crippen LogP contribution is 2.23. The van der Waals surface area contributed by atoms with Gasteiger partial charge in [0.1, 0.15) is 17.3 Å². The number of fused-ring (bicyclic) bond motifs is 1. The molecule has 0 aliphatic heterocycles. The normalized spacial score (nSPS) is 11.0. The maximum atomic E-state index is 12.4. The van der Waals surface area contributed by atoms with Crippen LogP contribution in [0.1, 0.15) is 10.4 Å². The first-order valence-corrected chi connectivity index (χ1v) is 8.09. The van der Waals surface area contributed by atoms with Crippen molar-refractivity contribution in [3.8, 4) is 17.2 Å². The molecule has 0 atom stereocenters. The zero-order chi connectivity index (χ0) is 19.5. The molecule has 0 bridgehead atoms. The van der Waals surface area contributed by atoms with Crippen molar-refractivity contribution in [3.05, 3.63) is 66.9 Å². The fourth-order valence-electron chi connectivity index (χ4n) is 2.56. The molecule has 3 heterocycles. The van der Waals surface area contributed by atoms with Crippen molar-refractivity contribution in [3.63, 3.8) is 0 Å². The average Bonchev–Trinajstić information content (AvgIpc) is 3.22. The molecule has 1 aromatic carbocycles. The Morgan fingerprint density at radius 2 is 1.82 bits per heavy atom. The van der Waals surface area contributed by atoms with E-state index >= 15 is 0 Å². The average molecular weight is 382 g/mol. The van der Waals surface area contributed by atoms with E-state index in [0.29, 0.717) is 17.3 Å². The lowest BCUT2D eigenvalue weighted by Gasteiger charge is -2.08. The van der Waals surface area contributed by atoms with E-state index in [1.165, 1.54) is 30.7 Å². The van der Waals surface area contributed by atoms with Gasteiger partial charge in [-0.1, -0.05) is 0 Å². The first kappa shape index (κ1) is 17.5. The summed E-state index contributed by atoms with van der Waals surface area (Å²) in [6, 6.07) is 8.86. The molecule has 3 aromatic heterocycles. The third kappa shape index (κ3) is 3.78. The zero-order valence-corrected chi connectivity index (χ0v) is 14.2. The second kappa shape index (κ2) is 7.39. The van der Waals surface area contributed by atoms with Crippen LogP contribution in [0.4, 0.5) is 14.6 Å². The molecule has 0 spiro atoms. The Labute approximate surface area is 157 Å². The standard InChI is InChI=1S/C19H12F2N4O3/c20-19(21)28-14-3-1-11(2-4-14)18(26)25-17-6-12-5-15(16-9-22-10-27-16)23-7-13(12)8-24-17/h1-10,19H,(H,24,25,26). The lowest BCUT2D eigenvalue weighted by Crippen LogP contribution is -2.13. The highest BCUT2D eigenvalue weighted by atomic mass is 19.3. The quantitative estimate of drug-likeness (QED) is 0.558. The molecule has 28 heavy (non-hydrogen) atoms. The molecule has 1 amide bonds. The van der Waals surface area contributed by atoms with Crippen LogP contribution in [-0.4, -0.2) is 27.5 Å². The number of nitrogens with one attached hydrogen (secondary N) is 1. The molecule has 0 radical (unpaired) electrons. The summed E-state index contributed by atoms with van der Waals surface area (Å²) in [4.78, 5) is 24.7. The van der Waals surface area contributed by atoms with E-state index in [0.717, 1.165) is 10.8 Å². The minimum Gasteiger partial charge on any atom is -0.442 e. The molecule has 1 N–H and O–H groups in total. The summed E-state index contributed by atoms with van der Waals surface area (Å²) < 4.78 is 33.9. The molecule has 0 fully saturated rings. The van der Waals surface area contributed by atoms with Crippen molar-refractivity contribution in [2.45, 2.75) is 6.61 Å². The maximum Gasteiger partial charge on any atom is 0.387 e. The Kier molecular flexibility index (Phi) is 4.63. The van der Waals surface area contributed by atoms with E-state index in [1.807, 2.05) is 0 Å². The minimum atomic E-state index is -2.92. The van der Waals surface area contributed by atoms with Gasteiger partial charge >= 0.3 is 6.61 Å². The molecule has 4 aromatic rings. The van der Waals surface area contributed by atoms with Crippen LogP contribution in [0.2, 0.25) is 0 Å². The fraction of sp³-hybridized carbons (Fsp3) is 0.0526. The predicted octanol–water partition coefficient (Wildman–Crippen LogP) is 4.14. The van der Waals surface area contributed by atoms with Gasteiger partial charge in [-0.25, -0.2) is 9.97 Å². The van der Waals surface area contributed by atoms with Crippen molar-refractivity contribution < 1.29 is 22.7 Å². The minimum absolute atomic E-state index is 0.0252. The van der Waals surface area contributed by atoms with Crippen LogP contribution in [-0.2, 0) is 0 Å². The number of rotatable bonds is 5. The van der Waals surface area contributed by atoms with Crippen molar-refractivity contribution in [2.24, 2.45) is 0 Å². The van der Waals surface area contributed by atoms with Crippen LogP contribution >= 0.6 is 0 Å². The molecular formula is C19H12F2N4O3. The number of nitrogens with zero attached hydrogens (tertiary/aromatic N) is 3. The number of halogens is 2. The van der Waals surface area contributed by atoms with E-state index < -0.39 is 12.5 Å². The van der Waals surface area contributed by atoms with Crippen LogP contribution in [0.3, 0.4) is 0 Å². The summed E-state index contributed by atoms with van der Waals surface area (Å²) in [5.41, 5.74) is 0.878. The Balaban J connectivity index is 1.54. The number of amides is 1. The second-order valence-electron chi connectivity index (χ2n) is 5.71. The monoisotopic (exact) mass is 382 g/mol. The Bertz CT molecular complexity index is 1120. The number of ether oxygens (including phenoxy) is 1. The fourth-order valence-corrected chi connectivity index (χ4v) is 2.56. The van der Waals surface area contributed by atoms with Gasteiger partial charge in [0.2, 0.25) is 0 Å². The Hall–Kier alpha value is -3.88. The molecule has 0 unspecified atom stereocenters. The predicted molar refractivity (Wildman–Crippen MR) is 96.1 cm³/mol. The summed E-state index contributed by atoms with van der Waals surface area (Å²) in [5, 5.41) is 4.25. The van der Waals surface area contributed by atoms with Crippen LogP contribution in [0.25, 0.3) is 22.2 Å². The zero-order valence-electron chi connectivity index (χ0n) is 14.2. The Morgan fingerprint density at radius 3 is 2.54 bits per heavy atom. The third-order valence-electron chi connectivity index (χ3n) is 3.87. The van der Waals surface area contributed by atoms with Crippen LogP contribution in [0.5, 0.6) is 5.75 Å². The maximum absolute atomic E-state index is 12.4. The molecule has 0 aliphatic rings. The molecule has 0 aliphatic carbocycles. The van der Waals surface area contributed by atoms with E-state index in [4.69, 9.17) is 4.42 Å². The highest BCUT2D eigenvalue weighted by molar-refractivity contribution is 6.04. The topological polar surface area (TPSA) is 90.1 Å². The van der Waals surface area contributed by atoms with E-state index in [1.54, 1.807) is 30.7 Å². The van der Waals surface area contributed by atoms with Gasteiger partial charge in [0.25, 0.3) is 5.91 Å². The second-order valence-corrected chi connectivity index (χ2v) is 5.71. The number of carbonyl (C=O) groups is 1. The summed E-state index contributed by atoms with van der Waals surface area (Å²) >= 11 is 0. The molecule has 0 saturated carbocycles. The summed E-state index contributed by atoms with van der Waals surface area (Å²) in [5.74, 6) is 0.401. The third-order valence-corrected chi connectivity index (χ3v) is 3.87. The molecule has 140 valence electrons. The molecule has 4 rings (SSSR count). The largest absolute Gasteiger partial charge is 0.442 e. The Morgan fingerprint density at radius 1 is 1.04 bits per heavy atom. The first-order valence-electron chi connectivity index (χ1n) is 8.09. The van der Waals surface area contributed by atoms with E-state index in [-0.39, 0.29) is 11.3 Å². The number of alkyl halides is 2. The number of hydrogen-bond donors (Lipinski definition) is 1. The number of anilines is 1. The summed E-state index contributed by atoms with van der Waals surface area (Å²) in [6.07, 6.45) is 6.10. The van der Waals surface area contributed by atoms with Gasteiger partial charge in [-0.05, 0) is 41.8 Å². The lowest BCUT2D eigenvalue weighted by atomic mass is 10.1. The van der Waals surface area contributed by atoms with Gasteiger partial charge in [0.15, 0.2) is 12.2 Å². The van der Waals surface area contributed by atoms with Crippen LogP contribution < -0.4 is 10.1 Å². The van der Waals surface area contributed by atoms with Crippen molar-refractivity contribution in [2.75, 3.05) is 5.32 Å². The van der Waals surface area contributed by atoms with Gasteiger partial charge < -0.3 is 14.5 Å². The van der Waals surface area contributed by atoms with E-state index in [9.17, 15) is 13.6 Å². The number of oxazole rings is 1. The van der Waals surface area contributed by atoms with Crippen LogP contribution in [0, 0.1) is 0 Å². The van der Waals surface area contributed by atoms with Crippen molar-refractivity contribution >= 4 is 22.5 Å². The number of aromatic nitrogens is 3. The molecule has 0 saturated heterocycles. The smallest absolute Gasteiger partial charge is 0.387 e. The van der Waals surface area contributed by atoms with Crippen LogP contribution in [0.15, 0.2) is 65.8 Å². The summed E-state index contributed by atoms with van der Waals surface area (Å²) in [7, 11) is 0. The van der Waals surface area contributed by atoms with Crippen molar-refractivity contribution in [1.29, 1.82) is 0 Å². The van der Waals surface area contributed by atoms with Gasteiger partial charge in [0, 0.05) is 23.3 Å². The van der Waals surface area contributed by atoms with Crippen molar-refractivity contribution in [1.82, 2.24) is 15.0 Å². The van der Waals surface area contributed by atoms with E-state index in [2.05, 4.69) is 25.0 Å². The molecular weight excluding hydrogens is 370 g/mol. The number of hydrogen-bond acceptors (Lipinski definition) is 6. The number of pyridine rings is 2. The first-order chi connectivity index (χ1) is 13.6. The van der Waals surface area contributed by atoms with Gasteiger partial charge in [0.05, 0.1) is 6.20 Å². The molecule has 9 heteroatoms. The van der Waals surface area contributed by atoms with Gasteiger partial charge in [-0.3, -0.25) is 9.78 Å². The molecule has 7 nitrogen and oxygen atoms in total. The highest BCUT2D eigenvalue weighted by Gasteiger charge is 2.10. The SMILES string of the molecule is O=C(Nc1cc2cc(-c3cnco3)ncc2cn1)c1ccc(OC(F)F)cc1. The lowest BCUT2D eigenvalue weighted by molar-refractivity contribution is -0.0498. The number of carbonyl (C=O) groups excluding carboxylic acids is 1. The summed E-state index contributed by atoms with van der Waals surface area (Å²) in [6.45, 7) is -2.92. The van der Waals surface area contributed by atoms with Gasteiger partial charge in [-0.15, -0.1) is 0 Å². The number of benzene rings is 1. The van der Waals surface area contributed by atoms with Gasteiger partial charge in [-0.2, -0.15) is 8.78 Å².